The van der Waals surface area contributed by atoms with Crippen molar-refractivity contribution in [2.75, 3.05) is 7.05 Å². The Morgan fingerprint density at radius 2 is 1.94 bits per heavy atom. The molecule has 1 nitrogen and oxygen atoms in total. The third-order valence-corrected chi connectivity index (χ3v) is 5.63. The van der Waals surface area contributed by atoms with Gasteiger partial charge in [0, 0.05) is 9.35 Å². The fraction of sp³-hybridized carbons (Fsp3) is 0.231. The lowest BCUT2D eigenvalue weighted by molar-refractivity contribution is 0.703. The molecule has 1 atom stereocenters. The molecule has 0 aliphatic carbocycles. The molecule has 0 spiro atoms. The van der Waals surface area contributed by atoms with E-state index in [0.29, 0.717) is 0 Å². The molecule has 0 bridgehead atoms. The Bertz CT molecular complexity index is 528. The SMILES string of the molecule is CNC(c1cc(C)cc(Br)c1)c1cc(Cl)c(Br)s1. The summed E-state index contributed by atoms with van der Waals surface area (Å²) in [7, 11) is 1.96. The average molecular weight is 410 g/mol. The van der Waals surface area contributed by atoms with Gasteiger partial charge in [0.1, 0.15) is 0 Å². The molecule has 2 aromatic rings. The predicted molar refractivity (Wildman–Crippen MR) is 86.8 cm³/mol. The van der Waals surface area contributed by atoms with Crippen molar-refractivity contribution >= 4 is 54.8 Å². The van der Waals surface area contributed by atoms with Gasteiger partial charge in [0.2, 0.25) is 0 Å². The van der Waals surface area contributed by atoms with Gasteiger partial charge in [-0.05, 0) is 59.2 Å². The van der Waals surface area contributed by atoms with Gasteiger partial charge in [-0.25, -0.2) is 0 Å². The summed E-state index contributed by atoms with van der Waals surface area (Å²) in [6, 6.07) is 8.60. The minimum atomic E-state index is 0.162. The first-order valence-electron chi connectivity index (χ1n) is 5.40. The van der Waals surface area contributed by atoms with E-state index >= 15 is 0 Å². The van der Waals surface area contributed by atoms with Crippen LogP contribution in [-0.2, 0) is 0 Å². The number of benzene rings is 1. The van der Waals surface area contributed by atoms with Crippen molar-refractivity contribution in [3.8, 4) is 0 Å². The Kier molecular flexibility index (Phi) is 4.89. The third-order valence-electron chi connectivity index (χ3n) is 2.64. The van der Waals surface area contributed by atoms with Crippen LogP contribution >= 0.6 is 54.8 Å². The van der Waals surface area contributed by atoms with E-state index in [1.54, 1.807) is 11.3 Å². The van der Waals surface area contributed by atoms with Crippen molar-refractivity contribution in [2.45, 2.75) is 13.0 Å². The quantitative estimate of drug-likeness (QED) is 0.701. The first-order chi connectivity index (χ1) is 8.51. The van der Waals surface area contributed by atoms with Crippen molar-refractivity contribution in [3.05, 3.63) is 53.6 Å². The van der Waals surface area contributed by atoms with Gasteiger partial charge in [-0.2, -0.15) is 0 Å². The second kappa shape index (κ2) is 6.06. The van der Waals surface area contributed by atoms with E-state index in [2.05, 4.69) is 62.3 Å². The van der Waals surface area contributed by atoms with Crippen LogP contribution in [0.2, 0.25) is 5.02 Å². The molecule has 1 aromatic carbocycles. The smallest absolute Gasteiger partial charge is 0.0888 e. The maximum atomic E-state index is 6.11. The normalized spacial score (nSPS) is 12.7. The Hall–Kier alpha value is 0.130. The standard InChI is InChI=1S/C13H12Br2ClNS/c1-7-3-8(5-9(14)4-7)12(17-2)11-6-10(16)13(15)18-11/h3-6,12,17H,1-2H3. The van der Waals surface area contributed by atoms with Gasteiger partial charge in [0.25, 0.3) is 0 Å². The molecule has 1 heterocycles. The Balaban J connectivity index is 2.44. The Morgan fingerprint density at radius 1 is 1.22 bits per heavy atom. The van der Waals surface area contributed by atoms with Gasteiger partial charge in [-0.15, -0.1) is 11.3 Å². The molecular weight excluding hydrogens is 397 g/mol. The molecule has 0 radical (unpaired) electrons. The van der Waals surface area contributed by atoms with Gasteiger partial charge < -0.3 is 5.32 Å². The van der Waals surface area contributed by atoms with Crippen LogP contribution in [0.1, 0.15) is 22.0 Å². The number of rotatable bonds is 3. The monoisotopic (exact) mass is 407 g/mol. The van der Waals surface area contributed by atoms with Crippen molar-refractivity contribution in [3.63, 3.8) is 0 Å². The van der Waals surface area contributed by atoms with Gasteiger partial charge in [0.05, 0.1) is 14.9 Å². The average Bonchev–Trinajstić information content (AvgIpc) is 2.58. The van der Waals surface area contributed by atoms with Gasteiger partial charge in [0.15, 0.2) is 0 Å². The summed E-state index contributed by atoms with van der Waals surface area (Å²) in [5.74, 6) is 0. The number of thiophene rings is 1. The number of aryl methyl sites for hydroxylation is 1. The molecule has 0 aliphatic rings. The second-order valence-electron chi connectivity index (χ2n) is 4.05. The van der Waals surface area contributed by atoms with Gasteiger partial charge >= 0.3 is 0 Å². The molecule has 5 heteroatoms. The fourth-order valence-corrected chi connectivity index (χ4v) is 4.42. The zero-order valence-corrected chi connectivity index (χ0v) is 14.7. The summed E-state index contributed by atoms with van der Waals surface area (Å²) >= 11 is 14.8. The summed E-state index contributed by atoms with van der Waals surface area (Å²) in [5.41, 5.74) is 2.47. The Labute approximate surface area is 133 Å². The molecule has 18 heavy (non-hydrogen) atoms. The van der Waals surface area contributed by atoms with Crippen LogP contribution in [0.4, 0.5) is 0 Å². The highest BCUT2D eigenvalue weighted by atomic mass is 79.9. The van der Waals surface area contributed by atoms with Crippen LogP contribution in [0.25, 0.3) is 0 Å². The van der Waals surface area contributed by atoms with Crippen molar-refractivity contribution < 1.29 is 0 Å². The molecule has 0 saturated carbocycles. The summed E-state index contributed by atoms with van der Waals surface area (Å²) in [5, 5.41) is 4.11. The highest BCUT2D eigenvalue weighted by Crippen LogP contribution is 2.37. The van der Waals surface area contributed by atoms with Crippen LogP contribution in [0, 0.1) is 6.92 Å². The van der Waals surface area contributed by atoms with E-state index in [0.717, 1.165) is 13.3 Å². The second-order valence-corrected chi connectivity index (χ2v) is 7.78. The maximum Gasteiger partial charge on any atom is 0.0888 e. The van der Waals surface area contributed by atoms with E-state index in [9.17, 15) is 0 Å². The predicted octanol–water partition coefficient (Wildman–Crippen LogP) is 5.54. The van der Waals surface area contributed by atoms with E-state index in [1.807, 2.05) is 13.1 Å². The Morgan fingerprint density at radius 3 is 2.44 bits per heavy atom. The van der Waals surface area contributed by atoms with Crippen molar-refractivity contribution in [1.82, 2.24) is 5.32 Å². The molecule has 0 saturated heterocycles. The van der Waals surface area contributed by atoms with Gasteiger partial charge in [-0.3, -0.25) is 0 Å². The lowest BCUT2D eigenvalue weighted by Crippen LogP contribution is -2.16. The number of halogens is 3. The van der Waals surface area contributed by atoms with E-state index in [-0.39, 0.29) is 6.04 Å². The minimum absolute atomic E-state index is 0.162. The molecule has 1 unspecified atom stereocenters. The molecular formula is C13H12Br2ClNS. The van der Waals surface area contributed by atoms with Crippen LogP contribution in [0.5, 0.6) is 0 Å². The molecule has 2 rings (SSSR count). The highest BCUT2D eigenvalue weighted by molar-refractivity contribution is 9.11. The lowest BCUT2D eigenvalue weighted by Gasteiger charge is -2.16. The third kappa shape index (κ3) is 3.17. The molecule has 1 N–H and O–H groups in total. The highest BCUT2D eigenvalue weighted by Gasteiger charge is 2.17. The zero-order chi connectivity index (χ0) is 13.3. The van der Waals surface area contributed by atoms with E-state index in [4.69, 9.17) is 11.6 Å². The topological polar surface area (TPSA) is 12.0 Å². The molecule has 0 aliphatic heterocycles. The summed E-state index contributed by atoms with van der Waals surface area (Å²) in [6.45, 7) is 2.10. The maximum absolute atomic E-state index is 6.11. The number of hydrogen-bond acceptors (Lipinski definition) is 2. The van der Waals surface area contributed by atoms with E-state index in [1.165, 1.54) is 16.0 Å². The van der Waals surface area contributed by atoms with Crippen LogP contribution in [-0.4, -0.2) is 7.05 Å². The first kappa shape index (κ1) is 14.5. The largest absolute Gasteiger partial charge is 0.309 e. The van der Waals surface area contributed by atoms with Crippen molar-refractivity contribution in [1.29, 1.82) is 0 Å². The lowest BCUT2D eigenvalue weighted by atomic mass is 10.0. The summed E-state index contributed by atoms with van der Waals surface area (Å²) in [4.78, 5) is 1.20. The number of nitrogens with one attached hydrogen (secondary N) is 1. The molecule has 96 valence electrons. The summed E-state index contributed by atoms with van der Waals surface area (Å²) < 4.78 is 2.07. The van der Waals surface area contributed by atoms with Crippen LogP contribution < -0.4 is 5.32 Å². The van der Waals surface area contributed by atoms with Crippen LogP contribution in [0.3, 0.4) is 0 Å². The molecule has 0 fully saturated rings. The molecule has 0 amide bonds. The summed E-state index contributed by atoms with van der Waals surface area (Å²) in [6.07, 6.45) is 0. The van der Waals surface area contributed by atoms with Crippen LogP contribution in [0.15, 0.2) is 32.5 Å². The molecule has 1 aromatic heterocycles. The van der Waals surface area contributed by atoms with E-state index < -0.39 is 0 Å². The fourth-order valence-electron chi connectivity index (χ4n) is 1.91. The van der Waals surface area contributed by atoms with Crippen molar-refractivity contribution in [2.24, 2.45) is 0 Å². The van der Waals surface area contributed by atoms with Gasteiger partial charge in [-0.1, -0.05) is 33.6 Å². The minimum Gasteiger partial charge on any atom is -0.309 e. The number of hydrogen-bond donors (Lipinski definition) is 1. The zero-order valence-electron chi connectivity index (χ0n) is 9.93. The first-order valence-corrected chi connectivity index (χ1v) is 8.18.